The SMILES string of the molecule is COc1ccc(CN(C)C(=O)CCc2c(C)nc3nc(C(F)(F)F)nn3c2C)c(OC)c1OC. The summed E-state index contributed by atoms with van der Waals surface area (Å²) in [6.07, 6.45) is -4.26. The summed E-state index contributed by atoms with van der Waals surface area (Å²) in [4.78, 5) is 22.0. The minimum absolute atomic E-state index is 0.127. The molecule has 1 amide bonds. The molecule has 0 N–H and O–H groups in total. The summed E-state index contributed by atoms with van der Waals surface area (Å²) >= 11 is 0. The van der Waals surface area contributed by atoms with Crippen molar-refractivity contribution in [3.63, 3.8) is 0 Å². The summed E-state index contributed by atoms with van der Waals surface area (Å²) in [6.45, 7) is 3.57. The molecule has 0 spiro atoms. The fraction of sp³-hybridized carbons (Fsp3) is 0.455. The van der Waals surface area contributed by atoms with Crippen LogP contribution in [0.4, 0.5) is 13.2 Å². The van der Waals surface area contributed by atoms with Gasteiger partial charge in [0, 0.05) is 37.0 Å². The number of carbonyl (C=O) groups excluding carboxylic acids is 1. The Bertz CT molecular complexity index is 1210. The standard InChI is InChI=1S/C22H26F3N5O4/c1-12-15(13(2)30-21(26-12)27-20(28-30)22(23,24)25)8-10-17(31)29(3)11-14-7-9-16(32-4)19(34-6)18(14)33-5/h7,9H,8,10-11H2,1-6H3. The van der Waals surface area contributed by atoms with Gasteiger partial charge in [-0.15, -0.1) is 5.10 Å². The highest BCUT2D eigenvalue weighted by Gasteiger charge is 2.37. The van der Waals surface area contributed by atoms with Crippen LogP contribution in [-0.2, 0) is 23.9 Å². The van der Waals surface area contributed by atoms with Crippen LogP contribution in [0.3, 0.4) is 0 Å². The lowest BCUT2D eigenvalue weighted by Gasteiger charge is -2.21. The number of aryl methyl sites for hydroxylation is 2. The van der Waals surface area contributed by atoms with Crippen LogP contribution in [0.5, 0.6) is 17.2 Å². The van der Waals surface area contributed by atoms with E-state index in [1.54, 1.807) is 33.0 Å². The van der Waals surface area contributed by atoms with Crippen molar-refractivity contribution in [1.82, 2.24) is 24.5 Å². The van der Waals surface area contributed by atoms with Gasteiger partial charge in [-0.1, -0.05) is 0 Å². The van der Waals surface area contributed by atoms with Crippen molar-refractivity contribution >= 4 is 11.7 Å². The molecule has 1 aromatic carbocycles. The lowest BCUT2D eigenvalue weighted by Crippen LogP contribution is -2.27. The number of carbonyl (C=O) groups is 1. The van der Waals surface area contributed by atoms with E-state index in [0.29, 0.717) is 34.2 Å². The molecule has 34 heavy (non-hydrogen) atoms. The molecule has 0 aliphatic carbocycles. The van der Waals surface area contributed by atoms with Gasteiger partial charge in [0.1, 0.15) is 0 Å². The fourth-order valence-electron chi connectivity index (χ4n) is 3.74. The largest absolute Gasteiger partial charge is 0.493 e. The molecule has 9 nitrogen and oxygen atoms in total. The average Bonchev–Trinajstić information content (AvgIpc) is 3.23. The highest BCUT2D eigenvalue weighted by atomic mass is 19.4. The first-order valence-electron chi connectivity index (χ1n) is 10.3. The Hall–Kier alpha value is -3.57. The fourth-order valence-corrected chi connectivity index (χ4v) is 3.74. The third kappa shape index (κ3) is 4.85. The first-order chi connectivity index (χ1) is 16.0. The smallest absolute Gasteiger partial charge is 0.453 e. The predicted molar refractivity (Wildman–Crippen MR) is 116 cm³/mol. The van der Waals surface area contributed by atoms with Gasteiger partial charge < -0.3 is 19.1 Å². The topological polar surface area (TPSA) is 91.1 Å². The Labute approximate surface area is 194 Å². The molecular weight excluding hydrogens is 455 g/mol. The number of amides is 1. The Morgan fingerprint density at radius 3 is 2.32 bits per heavy atom. The van der Waals surface area contributed by atoms with E-state index in [4.69, 9.17) is 14.2 Å². The van der Waals surface area contributed by atoms with Crippen molar-refractivity contribution in [2.24, 2.45) is 0 Å². The normalized spacial score (nSPS) is 11.6. The Morgan fingerprint density at radius 2 is 1.74 bits per heavy atom. The number of hydrogen-bond acceptors (Lipinski definition) is 7. The number of alkyl halides is 3. The molecule has 0 unspecified atom stereocenters. The summed E-state index contributed by atoms with van der Waals surface area (Å²) in [5.74, 6) is -0.137. The first kappa shape index (κ1) is 25.1. The van der Waals surface area contributed by atoms with Crippen molar-refractivity contribution in [1.29, 1.82) is 0 Å². The summed E-state index contributed by atoms with van der Waals surface area (Å²) in [7, 11) is 6.19. The second-order valence-electron chi connectivity index (χ2n) is 7.65. The molecule has 0 atom stereocenters. The van der Waals surface area contributed by atoms with Gasteiger partial charge in [-0.25, -0.2) is 9.50 Å². The van der Waals surface area contributed by atoms with Crippen LogP contribution in [0.25, 0.3) is 5.78 Å². The van der Waals surface area contributed by atoms with E-state index in [9.17, 15) is 18.0 Å². The zero-order chi connectivity index (χ0) is 25.2. The summed E-state index contributed by atoms with van der Waals surface area (Å²) < 4.78 is 56.2. The number of fused-ring (bicyclic) bond motifs is 1. The van der Waals surface area contributed by atoms with Crippen molar-refractivity contribution < 1.29 is 32.2 Å². The van der Waals surface area contributed by atoms with Gasteiger partial charge in [0.15, 0.2) is 11.5 Å². The van der Waals surface area contributed by atoms with Crippen LogP contribution in [0.15, 0.2) is 12.1 Å². The van der Waals surface area contributed by atoms with Crippen LogP contribution < -0.4 is 14.2 Å². The zero-order valence-electron chi connectivity index (χ0n) is 19.8. The maximum atomic E-state index is 13.0. The second kappa shape index (κ2) is 9.74. The molecule has 0 aliphatic rings. The van der Waals surface area contributed by atoms with Crippen LogP contribution in [0, 0.1) is 13.8 Å². The molecule has 0 bridgehead atoms. The Kier molecular flexibility index (Phi) is 7.18. The van der Waals surface area contributed by atoms with Crippen molar-refractivity contribution in [2.45, 2.75) is 39.4 Å². The van der Waals surface area contributed by atoms with Gasteiger partial charge in [-0.3, -0.25) is 4.79 Å². The number of hydrogen-bond donors (Lipinski definition) is 0. The third-order valence-corrected chi connectivity index (χ3v) is 5.51. The maximum absolute atomic E-state index is 13.0. The van der Waals surface area contributed by atoms with Gasteiger partial charge in [0.05, 0.1) is 21.3 Å². The molecule has 184 valence electrons. The minimum Gasteiger partial charge on any atom is -0.493 e. The van der Waals surface area contributed by atoms with Crippen LogP contribution in [0.1, 0.15) is 34.8 Å². The van der Waals surface area contributed by atoms with Gasteiger partial charge in [-0.2, -0.15) is 18.2 Å². The molecule has 0 saturated heterocycles. The zero-order valence-corrected chi connectivity index (χ0v) is 19.8. The van der Waals surface area contributed by atoms with Crippen molar-refractivity contribution in [3.05, 3.63) is 40.5 Å². The number of benzene rings is 1. The molecule has 2 aromatic heterocycles. The van der Waals surface area contributed by atoms with Crippen molar-refractivity contribution in [3.8, 4) is 17.2 Å². The molecule has 0 fully saturated rings. The Morgan fingerprint density at radius 1 is 1.06 bits per heavy atom. The van der Waals surface area contributed by atoms with Gasteiger partial charge >= 0.3 is 6.18 Å². The minimum atomic E-state index is -4.67. The number of halogens is 3. The van der Waals surface area contributed by atoms with Gasteiger partial charge in [-0.05, 0) is 38.0 Å². The lowest BCUT2D eigenvalue weighted by molar-refractivity contribution is -0.144. The highest BCUT2D eigenvalue weighted by molar-refractivity contribution is 5.76. The van der Waals surface area contributed by atoms with Crippen molar-refractivity contribution in [2.75, 3.05) is 28.4 Å². The van der Waals surface area contributed by atoms with E-state index in [-0.39, 0.29) is 31.1 Å². The number of ether oxygens (including phenoxy) is 3. The molecule has 0 aliphatic heterocycles. The highest BCUT2D eigenvalue weighted by Crippen LogP contribution is 2.40. The molecule has 3 rings (SSSR count). The molecule has 2 heterocycles. The van der Waals surface area contributed by atoms with E-state index < -0.39 is 12.0 Å². The van der Waals surface area contributed by atoms with Crippen LogP contribution in [-0.4, -0.2) is 58.8 Å². The number of aromatic nitrogens is 4. The van der Waals surface area contributed by atoms with Gasteiger partial charge in [0.2, 0.25) is 11.7 Å². The molecular formula is C22H26F3N5O4. The van der Waals surface area contributed by atoms with Crippen LogP contribution in [0.2, 0.25) is 0 Å². The maximum Gasteiger partial charge on any atom is 0.453 e. The van der Waals surface area contributed by atoms with Gasteiger partial charge in [0.25, 0.3) is 11.6 Å². The molecule has 0 radical (unpaired) electrons. The number of methoxy groups -OCH3 is 3. The molecule has 3 aromatic rings. The Balaban J connectivity index is 1.77. The van der Waals surface area contributed by atoms with E-state index in [1.165, 1.54) is 26.2 Å². The second-order valence-corrected chi connectivity index (χ2v) is 7.65. The third-order valence-electron chi connectivity index (χ3n) is 5.51. The average molecular weight is 481 g/mol. The molecule has 0 saturated carbocycles. The van der Waals surface area contributed by atoms with E-state index >= 15 is 0 Å². The predicted octanol–water partition coefficient (Wildman–Crippen LogP) is 3.38. The summed E-state index contributed by atoms with van der Waals surface area (Å²) in [6, 6.07) is 3.52. The first-order valence-corrected chi connectivity index (χ1v) is 10.3. The van der Waals surface area contributed by atoms with E-state index in [1.807, 2.05) is 0 Å². The van der Waals surface area contributed by atoms with E-state index in [0.717, 1.165) is 10.1 Å². The van der Waals surface area contributed by atoms with E-state index in [2.05, 4.69) is 15.1 Å². The quantitative estimate of drug-likeness (QED) is 0.487. The lowest BCUT2D eigenvalue weighted by atomic mass is 10.1. The van der Waals surface area contributed by atoms with Crippen LogP contribution >= 0.6 is 0 Å². The monoisotopic (exact) mass is 481 g/mol. The summed E-state index contributed by atoms with van der Waals surface area (Å²) in [5.41, 5.74) is 2.34. The number of rotatable bonds is 8. The molecule has 12 heteroatoms. The summed E-state index contributed by atoms with van der Waals surface area (Å²) in [5, 5.41) is 3.54. The number of nitrogens with zero attached hydrogens (tertiary/aromatic N) is 5.